The van der Waals surface area contributed by atoms with E-state index in [1.807, 2.05) is 6.07 Å². The van der Waals surface area contributed by atoms with Crippen LogP contribution in [0.15, 0.2) is 35.8 Å². The Morgan fingerprint density at radius 3 is 2.59 bits per heavy atom. The molecule has 0 aromatic carbocycles. The largest absolute Gasteiger partial charge is 0.450 e. The van der Waals surface area contributed by atoms with Crippen molar-refractivity contribution in [1.29, 1.82) is 0 Å². The van der Waals surface area contributed by atoms with E-state index in [0.29, 0.717) is 44.1 Å². The molecule has 0 aliphatic carbocycles. The molecule has 3 heterocycles. The summed E-state index contributed by atoms with van der Waals surface area (Å²) in [4.78, 5) is 44.3. The molecule has 2 aliphatic heterocycles. The van der Waals surface area contributed by atoms with E-state index in [9.17, 15) is 14.4 Å². The average Bonchev–Trinajstić information content (AvgIpc) is 2.68. The first-order chi connectivity index (χ1) is 13.0. The molecule has 1 aromatic rings. The van der Waals surface area contributed by atoms with Crippen LogP contribution in [-0.2, 0) is 9.53 Å². The molecule has 9 nitrogen and oxygen atoms in total. The van der Waals surface area contributed by atoms with Crippen molar-refractivity contribution in [2.45, 2.75) is 19.9 Å². The summed E-state index contributed by atoms with van der Waals surface area (Å²) in [5.74, 6) is -0.169. The number of urea groups is 1. The van der Waals surface area contributed by atoms with Gasteiger partial charge in [0.05, 0.1) is 18.2 Å². The first kappa shape index (κ1) is 18.7. The number of amides is 4. The van der Waals surface area contributed by atoms with Crippen LogP contribution in [0.2, 0.25) is 0 Å². The average molecular weight is 373 g/mol. The van der Waals surface area contributed by atoms with Gasteiger partial charge < -0.3 is 25.2 Å². The summed E-state index contributed by atoms with van der Waals surface area (Å²) >= 11 is 0. The predicted molar refractivity (Wildman–Crippen MR) is 96.5 cm³/mol. The molecule has 9 heteroatoms. The zero-order valence-electron chi connectivity index (χ0n) is 15.4. The number of aromatic nitrogens is 1. The second-order valence-electron chi connectivity index (χ2n) is 6.33. The zero-order chi connectivity index (χ0) is 19.4. The number of carbonyl (C=O) groups excluding carboxylic acids is 3. The fraction of sp³-hybridized carbons (Fsp3) is 0.444. The van der Waals surface area contributed by atoms with E-state index >= 15 is 0 Å². The molecule has 27 heavy (non-hydrogen) atoms. The molecule has 4 amide bonds. The maximum absolute atomic E-state index is 13.2. The third kappa shape index (κ3) is 4.02. The summed E-state index contributed by atoms with van der Waals surface area (Å²) < 4.78 is 5.01. The number of ether oxygens (including phenoxy) is 1. The molecule has 144 valence electrons. The lowest BCUT2D eigenvalue weighted by atomic mass is 9.95. The summed E-state index contributed by atoms with van der Waals surface area (Å²) in [6, 6.07) is 2.66. The SMILES string of the molecule is CCOC(=O)N1CCN(C(=O)C2=C(C)NC(=O)NC2c2cccnc2)CC1. The standard InChI is InChI=1S/C18H23N5O4/c1-3-27-18(26)23-9-7-22(8-10-23)16(24)14-12(2)20-17(25)21-15(14)13-5-4-6-19-11-13/h4-6,11,15H,3,7-10H2,1-2H3,(H2,20,21,25). The van der Waals surface area contributed by atoms with Crippen LogP contribution < -0.4 is 10.6 Å². The highest BCUT2D eigenvalue weighted by Crippen LogP contribution is 2.28. The Morgan fingerprint density at radius 1 is 1.26 bits per heavy atom. The minimum absolute atomic E-state index is 0.169. The summed E-state index contributed by atoms with van der Waals surface area (Å²) in [5.41, 5.74) is 1.73. The molecule has 1 fully saturated rings. The Morgan fingerprint density at radius 2 is 1.96 bits per heavy atom. The highest BCUT2D eigenvalue weighted by Gasteiger charge is 2.35. The Bertz CT molecular complexity index is 756. The molecule has 1 aromatic heterocycles. The van der Waals surface area contributed by atoms with Crippen LogP contribution in [0.5, 0.6) is 0 Å². The number of piperazine rings is 1. The second-order valence-corrected chi connectivity index (χ2v) is 6.33. The van der Waals surface area contributed by atoms with Gasteiger partial charge in [-0.05, 0) is 25.5 Å². The first-order valence-corrected chi connectivity index (χ1v) is 8.90. The van der Waals surface area contributed by atoms with Gasteiger partial charge in [0.1, 0.15) is 0 Å². The molecule has 2 N–H and O–H groups in total. The third-order valence-electron chi connectivity index (χ3n) is 4.61. The highest BCUT2D eigenvalue weighted by atomic mass is 16.6. The number of carbonyl (C=O) groups is 3. The maximum atomic E-state index is 13.2. The number of rotatable bonds is 3. The van der Waals surface area contributed by atoms with Crippen molar-refractivity contribution in [2.24, 2.45) is 0 Å². The van der Waals surface area contributed by atoms with Crippen LogP contribution in [0.3, 0.4) is 0 Å². The first-order valence-electron chi connectivity index (χ1n) is 8.90. The lowest BCUT2D eigenvalue weighted by molar-refractivity contribution is -0.129. The van der Waals surface area contributed by atoms with Crippen molar-refractivity contribution in [3.8, 4) is 0 Å². The van der Waals surface area contributed by atoms with Crippen molar-refractivity contribution in [3.05, 3.63) is 41.4 Å². The smallest absolute Gasteiger partial charge is 0.409 e. The molecule has 3 rings (SSSR count). The Labute approximate surface area is 157 Å². The van der Waals surface area contributed by atoms with E-state index in [1.54, 1.807) is 42.1 Å². The summed E-state index contributed by atoms with van der Waals surface area (Å²) in [6.45, 7) is 5.43. The number of hydrogen-bond donors (Lipinski definition) is 2. The van der Waals surface area contributed by atoms with Crippen LogP contribution >= 0.6 is 0 Å². The molecule has 2 aliphatic rings. The van der Waals surface area contributed by atoms with E-state index in [0.717, 1.165) is 5.56 Å². The topological polar surface area (TPSA) is 104 Å². The number of nitrogens with zero attached hydrogens (tertiary/aromatic N) is 3. The van der Waals surface area contributed by atoms with Gasteiger partial charge in [-0.2, -0.15) is 0 Å². The Kier molecular flexibility index (Phi) is 5.58. The number of hydrogen-bond acceptors (Lipinski definition) is 5. The van der Waals surface area contributed by atoms with E-state index in [4.69, 9.17) is 4.74 Å². The monoisotopic (exact) mass is 373 g/mol. The van der Waals surface area contributed by atoms with Crippen LogP contribution in [0.4, 0.5) is 9.59 Å². The van der Waals surface area contributed by atoms with Gasteiger partial charge in [-0.15, -0.1) is 0 Å². The van der Waals surface area contributed by atoms with Crippen molar-refractivity contribution in [2.75, 3.05) is 32.8 Å². The van der Waals surface area contributed by atoms with Crippen LogP contribution in [0, 0.1) is 0 Å². The van der Waals surface area contributed by atoms with Crippen molar-refractivity contribution in [1.82, 2.24) is 25.4 Å². The van der Waals surface area contributed by atoms with Crippen LogP contribution in [0.1, 0.15) is 25.5 Å². The normalized spacial score (nSPS) is 20.1. The molecule has 1 atom stereocenters. The Balaban J connectivity index is 1.77. The van der Waals surface area contributed by atoms with Gasteiger partial charge in [0.15, 0.2) is 0 Å². The zero-order valence-corrected chi connectivity index (χ0v) is 15.4. The fourth-order valence-corrected chi connectivity index (χ4v) is 3.25. The third-order valence-corrected chi connectivity index (χ3v) is 4.61. The lowest BCUT2D eigenvalue weighted by Gasteiger charge is -2.37. The quantitative estimate of drug-likeness (QED) is 0.823. The molecule has 0 radical (unpaired) electrons. The van der Waals surface area contributed by atoms with Crippen molar-refractivity contribution >= 4 is 18.0 Å². The van der Waals surface area contributed by atoms with Gasteiger partial charge in [0.25, 0.3) is 5.91 Å². The molecule has 0 spiro atoms. The lowest BCUT2D eigenvalue weighted by Crippen LogP contribution is -2.53. The van der Waals surface area contributed by atoms with Crippen LogP contribution in [-0.4, -0.2) is 65.6 Å². The molecule has 0 bridgehead atoms. The minimum Gasteiger partial charge on any atom is -0.450 e. The van der Waals surface area contributed by atoms with Crippen molar-refractivity contribution in [3.63, 3.8) is 0 Å². The second kappa shape index (κ2) is 8.07. The number of pyridine rings is 1. The highest BCUT2D eigenvalue weighted by molar-refractivity contribution is 5.98. The van der Waals surface area contributed by atoms with Gasteiger partial charge in [-0.1, -0.05) is 6.07 Å². The molecule has 1 saturated heterocycles. The summed E-state index contributed by atoms with van der Waals surface area (Å²) in [5, 5.41) is 5.47. The fourth-order valence-electron chi connectivity index (χ4n) is 3.25. The number of allylic oxidation sites excluding steroid dienone is 1. The van der Waals surface area contributed by atoms with E-state index < -0.39 is 6.04 Å². The molecule has 0 saturated carbocycles. The Hall–Kier alpha value is -3.10. The van der Waals surface area contributed by atoms with Gasteiger partial charge in [0.2, 0.25) is 0 Å². The molecule has 1 unspecified atom stereocenters. The van der Waals surface area contributed by atoms with Gasteiger partial charge in [-0.25, -0.2) is 9.59 Å². The van der Waals surface area contributed by atoms with Crippen LogP contribution in [0.25, 0.3) is 0 Å². The molecular formula is C18H23N5O4. The minimum atomic E-state index is -0.567. The van der Waals surface area contributed by atoms with Crippen molar-refractivity contribution < 1.29 is 19.1 Å². The van der Waals surface area contributed by atoms with Gasteiger partial charge in [0, 0.05) is 44.3 Å². The maximum Gasteiger partial charge on any atom is 0.409 e. The van der Waals surface area contributed by atoms with Gasteiger partial charge >= 0.3 is 12.1 Å². The summed E-state index contributed by atoms with van der Waals surface area (Å²) in [7, 11) is 0. The number of nitrogens with one attached hydrogen (secondary N) is 2. The summed E-state index contributed by atoms with van der Waals surface area (Å²) in [6.07, 6.45) is 2.91. The molecular weight excluding hydrogens is 350 g/mol. The van der Waals surface area contributed by atoms with Gasteiger partial charge in [-0.3, -0.25) is 9.78 Å². The van der Waals surface area contributed by atoms with E-state index in [1.165, 1.54) is 0 Å². The predicted octanol–water partition coefficient (Wildman–Crippen LogP) is 1.01. The van der Waals surface area contributed by atoms with E-state index in [-0.39, 0.29) is 18.0 Å². The van der Waals surface area contributed by atoms with E-state index in [2.05, 4.69) is 15.6 Å².